The third-order valence-electron chi connectivity index (χ3n) is 3.05. The molecule has 0 atom stereocenters. The van der Waals surface area contributed by atoms with E-state index in [0.29, 0.717) is 11.6 Å². The number of rotatable bonds is 6. The van der Waals surface area contributed by atoms with Crippen LogP contribution in [0.3, 0.4) is 0 Å². The van der Waals surface area contributed by atoms with Crippen molar-refractivity contribution in [1.29, 1.82) is 0 Å². The SMILES string of the molecule is CCC(=O)NCC(=O)Nc1nc(CN2CCOCC2)cs1. The Hall–Kier alpha value is -1.51. The lowest BCUT2D eigenvalue weighted by atomic mass is 10.4. The van der Waals surface area contributed by atoms with E-state index in [1.165, 1.54) is 11.3 Å². The molecule has 1 aliphatic heterocycles. The van der Waals surface area contributed by atoms with Crippen LogP contribution < -0.4 is 10.6 Å². The highest BCUT2D eigenvalue weighted by Crippen LogP contribution is 2.17. The van der Waals surface area contributed by atoms with Crippen LogP contribution in [0.2, 0.25) is 0 Å². The van der Waals surface area contributed by atoms with Crippen molar-refractivity contribution in [2.75, 3.05) is 38.2 Å². The van der Waals surface area contributed by atoms with Crippen molar-refractivity contribution in [3.05, 3.63) is 11.1 Å². The zero-order valence-electron chi connectivity index (χ0n) is 12.1. The van der Waals surface area contributed by atoms with Crippen molar-refractivity contribution in [1.82, 2.24) is 15.2 Å². The quantitative estimate of drug-likeness (QED) is 0.796. The molecule has 0 bridgehead atoms. The summed E-state index contributed by atoms with van der Waals surface area (Å²) in [5.74, 6) is -0.402. The zero-order valence-corrected chi connectivity index (χ0v) is 12.9. The number of thiazole rings is 1. The molecule has 2 rings (SSSR count). The number of carbonyl (C=O) groups excluding carboxylic acids is 2. The number of anilines is 1. The summed E-state index contributed by atoms with van der Waals surface area (Å²) in [5, 5.41) is 7.72. The summed E-state index contributed by atoms with van der Waals surface area (Å²) < 4.78 is 5.30. The molecule has 1 aromatic rings. The van der Waals surface area contributed by atoms with Gasteiger partial charge in [-0.15, -0.1) is 11.3 Å². The average Bonchev–Trinajstić information content (AvgIpc) is 2.92. The van der Waals surface area contributed by atoms with Crippen LogP contribution in [0.25, 0.3) is 0 Å². The Morgan fingerprint density at radius 2 is 2.14 bits per heavy atom. The predicted molar refractivity (Wildman–Crippen MR) is 80.1 cm³/mol. The molecule has 116 valence electrons. The summed E-state index contributed by atoms with van der Waals surface area (Å²) in [7, 11) is 0. The van der Waals surface area contributed by atoms with Crippen molar-refractivity contribution in [3.8, 4) is 0 Å². The second kappa shape index (κ2) is 8.06. The van der Waals surface area contributed by atoms with Gasteiger partial charge in [0.2, 0.25) is 11.8 Å². The van der Waals surface area contributed by atoms with Gasteiger partial charge < -0.3 is 15.4 Å². The van der Waals surface area contributed by atoms with Gasteiger partial charge in [0.15, 0.2) is 5.13 Å². The summed E-state index contributed by atoms with van der Waals surface area (Å²) in [6, 6.07) is 0. The van der Waals surface area contributed by atoms with Crippen molar-refractivity contribution in [2.24, 2.45) is 0 Å². The first-order valence-corrected chi connectivity index (χ1v) is 7.86. The third kappa shape index (κ3) is 5.41. The van der Waals surface area contributed by atoms with Crippen LogP contribution in [0.15, 0.2) is 5.38 Å². The molecule has 8 heteroatoms. The highest BCUT2D eigenvalue weighted by molar-refractivity contribution is 7.13. The van der Waals surface area contributed by atoms with E-state index in [9.17, 15) is 9.59 Å². The highest BCUT2D eigenvalue weighted by atomic mass is 32.1. The molecule has 1 saturated heterocycles. The van der Waals surface area contributed by atoms with Crippen LogP contribution in [0.4, 0.5) is 5.13 Å². The Morgan fingerprint density at radius 1 is 1.38 bits per heavy atom. The second-order valence-corrected chi connectivity index (χ2v) is 5.57. The molecule has 0 aromatic carbocycles. The maximum atomic E-state index is 11.6. The predicted octanol–water partition coefficient (Wildman–Crippen LogP) is 0.440. The first kappa shape index (κ1) is 15.9. The summed E-state index contributed by atoms with van der Waals surface area (Å²) in [4.78, 5) is 29.4. The lowest BCUT2D eigenvalue weighted by Crippen LogP contribution is -2.35. The van der Waals surface area contributed by atoms with E-state index in [2.05, 4.69) is 20.5 Å². The van der Waals surface area contributed by atoms with Gasteiger partial charge in [-0.25, -0.2) is 4.98 Å². The number of nitrogens with one attached hydrogen (secondary N) is 2. The lowest BCUT2D eigenvalue weighted by Gasteiger charge is -2.25. The Balaban J connectivity index is 1.76. The van der Waals surface area contributed by atoms with Crippen LogP contribution in [0.5, 0.6) is 0 Å². The fourth-order valence-electron chi connectivity index (χ4n) is 1.89. The van der Waals surface area contributed by atoms with Gasteiger partial charge in [0.25, 0.3) is 0 Å². The lowest BCUT2D eigenvalue weighted by molar-refractivity contribution is -0.123. The molecule has 0 spiro atoms. The van der Waals surface area contributed by atoms with Crippen LogP contribution >= 0.6 is 11.3 Å². The molecule has 7 nitrogen and oxygen atoms in total. The molecule has 0 aliphatic carbocycles. The molecule has 1 fully saturated rings. The van der Waals surface area contributed by atoms with Gasteiger partial charge >= 0.3 is 0 Å². The van der Waals surface area contributed by atoms with Gasteiger partial charge in [-0.3, -0.25) is 14.5 Å². The Labute approximate surface area is 127 Å². The minimum atomic E-state index is -0.260. The number of amides is 2. The summed E-state index contributed by atoms with van der Waals surface area (Å²) in [6.45, 7) is 5.81. The van der Waals surface area contributed by atoms with Gasteiger partial charge in [-0.1, -0.05) is 6.92 Å². The van der Waals surface area contributed by atoms with Gasteiger partial charge in [0, 0.05) is 31.4 Å². The summed E-state index contributed by atoms with van der Waals surface area (Å²) in [6.07, 6.45) is 0.369. The van der Waals surface area contributed by atoms with Crippen LogP contribution in [0, 0.1) is 0 Å². The van der Waals surface area contributed by atoms with Gasteiger partial charge in [0.1, 0.15) is 0 Å². The number of carbonyl (C=O) groups is 2. The molecule has 1 aromatic heterocycles. The third-order valence-corrected chi connectivity index (χ3v) is 3.86. The smallest absolute Gasteiger partial charge is 0.245 e. The molecule has 2 heterocycles. The number of ether oxygens (including phenoxy) is 1. The topological polar surface area (TPSA) is 83.6 Å². The van der Waals surface area contributed by atoms with Crippen molar-refractivity contribution in [2.45, 2.75) is 19.9 Å². The molecule has 0 unspecified atom stereocenters. The van der Waals surface area contributed by atoms with E-state index in [1.807, 2.05) is 5.38 Å². The van der Waals surface area contributed by atoms with Crippen molar-refractivity contribution in [3.63, 3.8) is 0 Å². The van der Waals surface area contributed by atoms with Crippen LogP contribution in [-0.4, -0.2) is 54.5 Å². The standard InChI is InChI=1S/C13H20N4O3S/c1-2-11(18)14-7-12(19)16-13-15-10(9-21-13)8-17-3-5-20-6-4-17/h9H,2-8H2,1H3,(H,14,18)(H,15,16,19). The molecule has 0 radical (unpaired) electrons. The summed E-state index contributed by atoms with van der Waals surface area (Å²) >= 11 is 1.39. The largest absolute Gasteiger partial charge is 0.379 e. The van der Waals surface area contributed by atoms with Gasteiger partial charge in [-0.05, 0) is 0 Å². The Kier molecular flexibility index (Phi) is 6.09. The number of morpholine rings is 1. The minimum Gasteiger partial charge on any atom is -0.379 e. The fourth-order valence-corrected chi connectivity index (χ4v) is 2.61. The molecule has 1 aliphatic rings. The second-order valence-electron chi connectivity index (χ2n) is 4.71. The Morgan fingerprint density at radius 3 is 2.86 bits per heavy atom. The van der Waals surface area contributed by atoms with E-state index in [0.717, 1.165) is 38.5 Å². The van der Waals surface area contributed by atoms with Gasteiger partial charge in [0.05, 0.1) is 25.5 Å². The van der Waals surface area contributed by atoms with Crippen molar-refractivity contribution < 1.29 is 14.3 Å². The molecule has 0 saturated carbocycles. The van der Waals surface area contributed by atoms with E-state index in [4.69, 9.17) is 4.74 Å². The van der Waals surface area contributed by atoms with Crippen LogP contribution in [-0.2, 0) is 20.9 Å². The first-order chi connectivity index (χ1) is 10.2. The first-order valence-electron chi connectivity index (χ1n) is 6.98. The maximum Gasteiger partial charge on any atom is 0.245 e. The monoisotopic (exact) mass is 312 g/mol. The normalized spacial score (nSPS) is 15.7. The highest BCUT2D eigenvalue weighted by Gasteiger charge is 2.13. The average molecular weight is 312 g/mol. The van der Waals surface area contributed by atoms with E-state index in [1.54, 1.807) is 6.92 Å². The minimum absolute atomic E-state index is 0.0228. The fraction of sp³-hybridized carbons (Fsp3) is 0.615. The molecule has 2 amide bonds. The van der Waals surface area contributed by atoms with Gasteiger partial charge in [-0.2, -0.15) is 0 Å². The molecular weight excluding hydrogens is 292 g/mol. The molecular formula is C13H20N4O3S. The maximum absolute atomic E-state index is 11.6. The van der Waals surface area contributed by atoms with Crippen LogP contribution in [0.1, 0.15) is 19.0 Å². The number of nitrogens with zero attached hydrogens (tertiary/aromatic N) is 2. The zero-order chi connectivity index (χ0) is 15.1. The van der Waals surface area contributed by atoms with E-state index < -0.39 is 0 Å². The van der Waals surface area contributed by atoms with Crippen molar-refractivity contribution >= 4 is 28.3 Å². The summed E-state index contributed by atoms with van der Waals surface area (Å²) in [5.41, 5.74) is 0.940. The number of hydrogen-bond acceptors (Lipinski definition) is 6. The molecule has 21 heavy (non-hydrogen) atoms. The Bertz CT molecular complexity index is 486. The number of hydrogen-bond donors (Lipinski definition) is 2. The molecule has 2 N–H and O–H groups in total. The number of aromatic nitrogens is 1. The van der Waals surface area contributed by atoms with E-state index in [-0.39, 0.29) is 18.4 Å². The van der Waals surface area contributed by atoms with E-state index >= 15 is 0 Å².